The molecule has 8 aromatic carbocycles. The molecule has 0 amide bonds. The fourth-order valence-electron chi connectivity index (χ4n) is 11.0. The molecule has 5 nitrogen and oxygen atoms in total. The van der Waals surface area contributed by atoms with Crippen LogP contribution in [0.2, 0.25) is 0 Å². The fourth-order valence-corrected chi connectivity index (χ4v) is 15.6. The molecule has 1 aliphatic heterocycles. The second kappa shape index (κ2) is 15.4. The van der Waals surface area contributed by atoms with E-state index in [1.54, 1.807) is 0 Å². The summed E-state index contributed by atoms with van der Waals surface area (Å²) in [6.07, 6.45) is 5.87. The number of para-hydroxylation sites is 3. The number of imidazole rings is 1. The summed E-state index contributed by atoms with van der Waals surface area (Å²) in [6, 6.07) is 78.9. The van der Waals surface area contributed by atoms with Crippen LogP contribution in [0.4, 0.5) is 17.1 Å². The SMILES string of the molecule is CC1(C)c2ccccc2N(c2ccccc2)c2c1ccc1c2c2cccnc2n1-c1[c-]c([Si](c2[c-]c3c(cc2)c2ccccc2n2ccnc32)(c2ccccc2)c2ccccc2)ccc1.[Pd+2]. The van der Waals surface area contributed by atoms with E-state index < -0.39 is 8.07 Å². The van der Waals surface area contributed by atoms with Gasteiger partial charge in [0.2, 0.25) is 0 Å². The maximum absolute atomic E-state index is 5.19. The van der Waals surface area contributed by atoms with Crippen LogP contribution in [0.25, 0.3) is 54.9 Å². The predicted molar refractivity (Wildman–Crippen MR) is 270 cm³/mol. The Hall–Kier alpha value is -7.40. The average molecular weight is 955 g/mol. The maximum atomic E-state index is 5.19. The van der Waals surface area contributed by atoms with E-state index in [0.717, 1.165) is 60.2 Å². The zero-order valence-electron chi connectivity index (χ0n) is 36.3. The van der Waals surface area contributed by atoms with Gasteiger partial charge >= 0.3 is 20.4 Å². The molecule has 0 saturated carbocycles. The van der Waals surface area contributed by atoms with Crippen molar-refractivity contribution in [1.82, 2.24) is 18.9 Å². The summed E-state index contributed by atoms with van der Waals surface area (Å²) >= 11 is 0. The monoisotopic (exact) mass is 953 g/mol. The Labute approximate surface area is 397 Å². The van der Waals surface area contributed by atoms with Gasteiger partial charge in [0.1, 0.15) is 13.7 Å². The van der Waals surface area contributed by atoms with Gasteiger partial charge in [-0.25, -0.2) is 4.98 Å². The van der Waals surface area contributed by atoms with Crippen LogP contribution in [0.5, 0.6) is 0 Å². The van der Waals surface area contributed by atoms with Crippen molar-refractivity contribution in [3.8, 4) is 5.69 Å². The molecule has 7 heteroatoms. The Morgan fingerprint density at radius 1 is 0.500 bits per heavy atom. The van der Waals surface area contributed by atoms with E-state index in [-0.39, 0.29) is 25.8 Å². The van der Waals surface area contributed by atoms with Gasteiger partial charge < -0.3 is 13.9 Å². The number of benzene rings is 8. The normalized spacial score (nSPS) is 13.3. The second-order valence-corrected chi connectivity index (χ2v) is 21.3. The molecule has 12 aromatic rings. The first-order valence-corrected chi connectivity index (χ1v) is 24.3. The third-order valence-electron chi connectivity index (χ3n) is 13.9. The van der Waals surface area contributed by atoms with Crippen molar-refractivity contribution in [3.05, 3.63) is 236 Å². The van der Waals surface area contributed by atoms with E-state index in [1.165, 1.54) is 43.6 Å². The number of aromatic nitrogens is 4. The van der Waals surface area contributed by atoms with Crippen molar-refractivity contribution in [3.63, 3.8) is 0 Å². The minimum atomic E-state index is -3.16. The molecule has 0 fully saturated rings. The van der Waals surface area contributed by atoms with Crippen LogP contribution in [0.1, 0.15) is 25.0 Å². The number of pyridine rings is 2. The molecule has 0 unspecified atom stereocenters. The summed E-state index contributed by atoms with van der Waals surface area (Å²) in [5, 5.41) is 10.4. The quantitative estimate of drug-likeness (QED) is 0.0721. The van der Waals surface area contributed by atoms with Crippen molar-refractivity contribution in [2.75, 3.05) is 4.90 Å². The Balaban J connectivity index is 0.00000456. The van der Waals surface area contributed by atoms with Gasteiger partial charge in [-0.3, -0.25) is 4.98 Å². The number of anilines is 3. The van der Waals surface area contributed by atoms with Crippen molar-refractivity contribution in [2.45, 2.75) is 19.3 Å². The Morgan fingerprint density at radius 2 is 1.17 bits per heavy atom. The maximum Gasteiger partial charge on any atom is 2.00 e. The molecule has 5 heterocycles. The zero-order chi connectivity index (χ0) is 43.3. The minimum Gasteiger partial charge on any atom is -0.340 e. The molecule has 0 aliphatic carbocycles. The molecular formula is C59H41N5PdSi. The summed E-state index contributed by atoms with van der Waals surface area (Å²) in [5.41, 5.74) is 10.8. The van der Waals surface area contributed by atoms with E-state index in [4.69, 9.17) is 9.97 Å². The Bertz CT molecular complexity index is 3780. The summed E-state index contributed by atoms with van der Waals surface area (Å²) in [4.78, 5) is 12.6. The van der Waals surface area contributed by atoms with Crippen LogP contribution < -0.4 is 25.6 Å². The molecule has 0 atom stereocenters. The molecule has 0 saturated heterocycles. The van der Waals surface area contributed by atoms with Gasteiger partial charge in [-0.1, -0.05) is 146 Å². The second-order valence-electron chi connectivity index (χ2n) is 17.6. The average Bonchev–Trinajstić information content (AvgIpc) is 4.00. The van der Waals surface area contributed by atoms with Gasteiger partial charge in [-0.2, -0.15) is 23.4 Å². The number of rotatable bonds is 6. The molecule has 0 bridgehead atoms. The van der Waals surface area contributed by atoms with Gasteiger partial charge in [-0.15, -0.1) is 34.8 Å². The van der Waals surface area contributed by atoms with Crippen LogP contribution in [0.15, 0.2) is 213 Å². The van der Waals surface area contributed by atoms with E-state index >= 15 is 0 Å². The van der Waals surface area contributed by atoms with Crippen molar-refractivity contribution >= 4 is 95.1 Å². The molecule has 0 spiro atoms. The first-order chi connectivity index (χ1) is 32.0. The summed E-state index contributed by atoms with van der Waals surface area (Å²) in [5.74, 6) is 0. The van der Waals surface area contributed by atoms with Crippen molar-refractivity contribution in [2.24, 2.45) is 0 Å². The number of fused-ring (bicyclic) bond motifs is 12. The standard InChI is InChI=1S/C59H41N5Si.Pd/c1-59(2)50-28-13-15-30-53(50)63(40-18-6-3-7-19-40)56-51(59)33-34-54-55(56)48-27-17-35-60-58(48)64(54)41-20-16-25-44(38-41)65(42-21-8-4-9-22-42,43-23-10-5-11-24-43)45-31-32-46-47-26-12-14-29-52(47)62-37-36-61-57(62)49(46)39-45;/h3-37H,1-2H3;/q-2;+2. The van der Waals surface area contributed by atoms with Crippen LogP contribution in [-0.4, -0.2) is 27.0 Å². The van der Waals surface area contributed by atoms with Crippen LogP contribution in [0.3, 0.4) is 0 Å². The van der Waals surface area contributed by atoms with Crippen LogP contribution in [-0.2, 0) is 25.8 Å². The van der Waals surface area contributed by atoms with Crippen LogP contribution in [0, 0.1) is 12.1 Å². The topological polar surface area (TPSA) is 38.4 Å². The van der Waals surface area contributed by atoms with Gasteiger partial charge in [-0.05, 0) is 69.4 Å². The van der Waals surface area contributed by atoms with E-state index in [2.05, 4.69) is 240 Å². The molecule has 4 aromatic heterocycles. The molecule has 0 radical (unpaired) electrons. The Kier molecular flexibility index (Phi) is 9.34. The molecule has 0 N–H and O–H groups in total. The zero-order valence-corrected chi connectivity index (χ0v) is 38.8. The molecule has 316 valence electrons. The largest absolute Gasteiger partial charge is 2.00 e. The van der Waals surface area contributed by atoms with Gasteiger partial charge in [0.05, 0.1) is 22.5 Å². The van der Waals surface area contributed by atoms with Crippen molar-refractivity contribution in [1.29, 1.82) is 0 Å². The summed E-state index contributed by atoms with van der Waals surface area (Å²) in [6.45, 7) is 4.71. The van der Waals surface area contributed by atoms with Gasteiger partial charge in [0.25, 0.3) is 0 Å². The first kappa shape index (κ1) is 40.1. The van der Waals surface area contributed by atoms with Crippen LogP contribution >= 0.6 is 0 Å². The fraction of sp³-hybridized carbons (Fsp3) is 0.0508. The molecule has 66 heavy (non-hydrogen) atoms. The Morgan fingerprint density at radius 3 is 1.95 bits per heavy atom. The van der Waals surface area contributed by atoms with Crippen molar-refractivity contribution < 1.29 is 20.4 Å². The number of hydrogen-bond donors (Lipinski definition) is 0. The van der Waals surface area contributed by atoms with E-state index in [9.17, 15) is 0 Å². The third-order valence-corrected chi connectivity index (χ3v) is 18.5. The molecule has 13 rings (SSSR count). The third kappa shape index (κ3) is 5.67. The van der Waals surface area contributed by atoms with Gasteiger partial charge in [0.15, 0.2) is 0 Å². The summed E-state index contributed by atoms with van der Waals surface area (Å²) in [7, 11) is -3.16. The molecule has 1 aliphatic rings. The number of hydrogen-bond acceptors (Lipinski definition) is 3. The van der Waals surface area contributed by atoms with E-state index in [0.29, 0.717) is 0 Å². The summed E-state index contributed by atoms with van der Waals surface area (Å²) < 4.78 is 4.54. The minimum absolute atomic E-state index is 0. The smallest absolute Gasteiger partial charge is 0.340 e. The molecular weight excluding hydrogens is 913 g/mol. The predicted octanol–water partition coefficient (Wildman–Crippen LogP) is 11.2. The van der Waals surface area contributed by atoms with E-state index in [1.807, 2.05) is 12.4 Å². The van der Waals surface area contributed by atoms with Gasteiger partial charge in [0, 0.05) is 46.0 Å². The first-order valence-electron chi connectivity index (χ1n) is 22.3. The number of nitrogens with zero attached hydrogens (tertiary/aromatic N) is 5.